The van der Waals surface area contributed by atoms with Crippen molar-refractivity contribution in [1.82, 2.24) is 10.2 Å². The molecule has 1 fully saturated rings. The molecule has 0 saturated carbocycles. The fourth-order valence-corrected chi connectivity index (χ4v) is 2.71. The molecule has 21 heavy (non-hydrogen) atoms. The summed E-state index contributed by atoms with van der Waals surface area (Å²) in [4.78, 5) is 26.1. The number of nitrogens with zero attached hydrogens (tertiary/aromatic N) is 1. The maximum atomic E-state index is 12.6. The van der Waals surface area contributed by atoms with Crippen LogP contribution in [0.5, 0.6) is 0 Å². The lowest BCUT2D eigenvalue weighted by Gasteiger charge is -2.46. The maximum Gasteiger partial charge on any atom is 0.248 e. The highest BCUT2D eigenvalue weighted by molar-refractivity contribution is 5.97. The molecule has 2 amide bonds. The highest BCUT2D eigenvalue weighted by Crippen LogP contribution is 2.26. The van der Waals surface area contributed by atoms with Crippen LogP contribution >= 0.6 is 0 Å². The Bertz CT molecular complexity index is 535. The highest BCUT2D eigenvalue weighted by atomic mass is 16.2. The van der Waals surface area contributed by atoms with Gasteiger partial charge in [-0.3, -0.25) is 9.59 Å². The predicted octanol–water partition coefficient (Wildman–Crippen LogP) is 2.13. The molecule has 0 unspecified atom stereocenters. The van der Waals surface area contributed by atoms with Crippen molar-refractivity contribution in [3.63, 3.8) is 0 Å². The van der Waals surface area contributed by atoms with Gasteiger partial charge in [0.2, 0.25) is 11.8 Å². The third-order valence-electron chi connectivity index (χ3n) is 4.13. The second kappa shape index (κ2) is 5.51. The molecule has 1 N–H and O–H groups in total. The Hall–Kier alpha value is -1.84. The van der Waals surface area contributed by atoms with E-state index in [9.17, 15) is 9.59 Å². The van der Waals surface area contributed by atoms with E-state index >= 15 is 0 Å². The Morgan fingerprint density at radius 1 is 1.19 bits per heavy atom. The molecule has 0 radical (unpaired) electrons. The molecule has 1 aliphatic rings. The van der Waals surface area contributed by atoms with Crippen LogP contribution in [-0.4, -0.2) is 34.3 Å². The Morgan fingerprint density at radius 3 is 2.43 bits per heavy atom. The quantitative estimate of drug-likeness (QED) is 0.922. The molecule has 0 atom stereocenters. The molecule has 1 aromatic rings. The van der Waals surface area contributed by atoms with Crippen LogP contribution in [0.25, 0.3) is 0 Å². The summed E-state index contributed by atoms with van der Waals surface area (Å²) in [6, 6.07) is 10.2. The number of nitrogens with one attached hydrogen (secondary N) is 1. The molecule has 2 rings (SSSR count). The summed E-state index contributed by atoms with van der Waals surface area (Å²) in [6.45, 7) is 7.72. The lowest BCUT2D eigenvalue weighted by atomic mass is 9.89. The molecule has 0 spiro atoms. The number of hydrogen-bond acceptors (Lipinski definition) is 2. The van der Waals surface area contributed by atoms with Crippen molar-refractivity contribution in [3.05, 3.63) is 35.9 Å². The van der Waals surface area contributed by atoms with Gasteiger partial charge in [-0.2, -0.15) is 0 Å². The molecular formula is C17H24N2O2. The molecule has 0 bridgehead atoms. The zero-order chi connectivity index (χ0) is 15.7. The van der Waals surface area contributed by atoms with Crippen LogP contribution in [-0.2, 0) is 16.0 Å². The number of benzene rings is 1. The first kappa shape index (κ1) is 15.5. The van der Waals surface area contributed by atoms with E-state index < -0.39 is 5.54 Å². The van der Waals surface area contributed by atoms with E-state index in [1.807, 2.05) is 32.0 Å². The lowest BCUT2D eigenvalue weighted by Crippen LogP contribution is -2.68. The van der Waals surface area contributed by atoms with Gasteiger partial charge in [0.1, 0.15) is 12.1 Å². The number of amides is 2. The van der Waals surface area contributed by atoms with E-state index in [2.05, 4.69) is 17.4 Å². The van der Waals surface area contributed by atoms with E-state index in [0.29, 0.717) is 0 Å². The van der Waals surface area contributed by atoms with Crippen molar-refractivity contribution in [2.75, 3.05) is 6.54 Å². The number of carbonyl (C=O) groups excluding carboxylic acids is 2. The minimum Gasteiger partial charge on any atom is -0.341 e. The standard InChI is InChI=1S/C17H24N2O2/c1-16(2,11-10-13-8-6-5-7-9-13)19-12-14(20)18-17(3,4)15(19)21/h5-9H,10-12H2,1-4H3,(H,18,20). The van der Waals surface area contributed by atoms with Crippen LogP contribution in [0.1, 0.15) is 39.7 Å². The van der Waals surface area contributed by atoms with Crippen molar-refractivity contribution in [3.8, 4) is 0 Å². The van der Waals surface area contributed by atoms with Crippen molar-refractivity contribution in [1.29, 1.82) is 0 Å². The maximum absolute atomic E-state index is 12.6. The molecule has 1 heterocycles. The van der Waals surface area contributed by atoms with Crippen LogP contribution in [0.4, 0.5) is 0 Å². The van der Waals surface area contributed by atoms with Gasteiger partial charge >= 0.3 is 0 Å². The van der Waals surface area contributed by atoms with E-state index in [4.69, 9.17) is 0 Å². The van der Waals surface area contributed by atoms with Gasteiger partial charge in [-0.25, -0.2) is 0 Å². The van der Waals surface area contributed by atoms with Gasteiger partial charge in [0.25, 0.3) is 0 Å². The smallest absolute Gasteiger partial charge is 0.248 e. The molecule has 1 aromatic carbocycles. The van der Waals surface area contributed by atoms with Gasteiger partial charge in [-0.05, 0) is 46.1 Å². The van der Waals surface area contributed by atoms with Crippen molar-refractivity contribution in [2.45, 2.75) is 51.6 Å². The third kappa shape index (κ3) is 3.43. The van der Waals surface area contributed by atoms with Crippen LogP contribution in [0.15, 0.2) is 30.3 Å². The van der Waals surface area contributed by atoms with E-state index in [1.165, 1.54) is 5.56 Å². The summed E-state index contributed by atoms with van der Waals surface area (Å²) >= 11 is 0. The number of hydrogen-bond donors (Lipinski definition) is 1. The van der Waals surface area contributed by atoms with E-state index in [1.54, 1.807) is 18.7 Å². The third-order valence-corrected chi connectivity index (χ3v) is 4.13. The molecule has 0 aromatic heterocycles. The lowest BCUT2D eigenvalue weighted by molar-refractivity contribution is -0.154. The number of piperazine rings is 1. The Balaban J connectivity index is 2.10. The van der Waals surface area contributed by atoms with E-state index in [-0.39, 0.29) is 23.9 Å². The van der Waals surface area contributed by atoms with Crippen LogP contribution in [0.3, 0.4) is 0 Å². The highest BCUT2D eigenvalue weighted by Gasteiger charge is 2.44. The molecule has 4 nitrogen and oxygen atoms in total. The molecule has 1 saturated heterocycles. The molecule has 0 aliphatic carbocycles. The Labute approximate surface area is 126 Å². The normalized spacial score (nSPS) is 18.6. The SMILES string of the molecule is CC1(C)NC(=O)CN(C(C)(C)CCc2ccccc2)C1=O. The molecule has 1 aliphatic heterocycles. The van der Waals surface area contributed by atoms with Gasteiger partial charge in [-0.15, -0.1) is 0 Å². The zero-order valence-electron chi connectivity index (χ0n) is 13.3. The van der Waals surface area contributed by atoms with Crippen LogP contribution in [0, 0.1) is 0 Å². The van der Waals surface area contributed by atoms with Gasteiger partial charge in [0.05, 0.1) is 0 Å². The largest absolute Gasteiger partial charge is 0.341 e. The monoisotopic (exact) mass is 288 g/mol. The first-order chi connectivity index (χ1) is 9.72. The molecular weight excluding hydrogens is 264 g/mol. The minimum atomic E-state index is -0.820. The summed E-state index contributed by atoms with van der Waals surface area (Å²) < 4.78 is 0. The summed E-state index contributed by atoms with van der Waals surface area (Å²) in [5, 5.41) is 2.75. The zero-order valence-corrected chi connectivity index (χ0v) is 13.3. The van der Waals surface area contributed by atoms with Crippen molar-refractivity contribution in [2.24, 2.45) is 0 Å². The number of rotatable bonds is 4. The fraction of sp³-hybridized carbons (Fsp3) is 0.529. The Morgan fingerprint density at radius 2 is 1.81 bits per heavy atom. The second-order valence-electron chi connectivity index (χ2n) is 6.86. The summed E-state index contributed by atoms with van der Waals surface area (Å²) in [7, 11) is 0. The topological polar surface area (TPSA) is 49.4 Å². The van der Waals surface area contributed by atoms with Gasteiger partial charge in [-0.1, -0.05) is 30.3 Å². The predicted molar refractivity (Wildman–Crippen MR) is 82.8 cm³/mol. The van der Waals surface area contributed by atoms with Crippen molar-refractivity contribution < 1.29 is 9.59 Å². The molecule has 114 valence electrons. The Kier molecular flexibility index (Phi) is 4.08. The summed E-state index contributed by atoms with van der Waals surface area (Å²) in [5.41, 5.74) is 0.0835. The first-order valence-corrected chi connectivity index (χ1v) is 7.39. The second-order valence-corrected chi connectivity index (χ2v) is 6.86. The fourth-order valence-electron chi connectivity index (χ4n) is 2.71. The van der Waals surface area contributed by atoms with Crippen molar-refractivity contribution >= 4 is 11.8 Å². The minimum absolute atomic E-state index is 0.0137. The number of carbonyl (C=O) groups is 2. The average Bonchev–Trinajstić information content (AvgIpc) is 2.41. The average molecular weight is 288 g/mol. The molecule has 4 heteroatoms. The van der Waals surface area contributed by atoms with Gasteiger partial charge in [0, 0.05) is 5.54 Å². The number of aryl methyl sites for hydroxylation is 1. The summed E-state index contributed by atoms with van der Waals surface area (Å²) in [6.07, 6.45) is 1.71. The van der Waals surface area contributed by atoms with E-state index in [0.717, 1.165) is 12.8 Å². The first-order valence-electron chi connectivity index (χ1n) is 7.39. The van der Waals surface area contributed by atoms with Crippen LogP contribution < -0.4 is 5.32 Å². The van der Waals surface area contributed by atoms with Crippen LogP contribution in [0.2, 0.25) is 0 Å². The van der Waals surface area contributed by atoms with Gasteiger partial charge in [0.15, 0.2) is 0 Å². The summed E-state index contributed by atoms with van der Waals surface area (Å²) in [5.74, 6) is -0.104. The van der Waals surface area contributed by atoms with Gasteiger partial charge < -0.3 is 10.2 Å².